The highest BCUT2D eigenvalue weighted by Gasteiger charge is 2.32. The van der Waals surface area contributed by atoms with E-state index in [4.69, 9.17) is 9.84 Å². The van der Waals surface area contributed by atoms with Crippen molar-refractivity contribution in [1.82, 2.24) is 0 Å². The van der Waals surface area contributed by atoms with Crippen LogP contribution in [0.5, 0.6) is 5.75 Å². The molecule has 0 aliphatic rings. The van der Waals surface area contributed by atoms with Gasteiger partial charge in [0.05, 0.1) is 13.5 Å². The van der Waals surface area contributed by atoms with Crippen molar-refractivity contribution in [3.05, 3.63) is 29.8 Å². The molecule has 0 spiro atoms. The molecular weight excluding hydrogens is 232 g/mol. The predicted octanol–water partition coefficient (Wildman–Crippen LogP) is 2.40. The second kappa shape index (κ2) is 5.87. The van der Waals surface area contributed by atoms with Crippen molar-refractivity contribution >= 4 is 5.97 Å². The molecule has 1 aromatic carbocycles. The van der Waals surface area contributed by atoms with E-state index in [9.17, 15) is 9.90 Å². The number of carboxylic acids is 1. The Morgan fingerprint density at radius 1 is 1.33 bits per heavy atom. The van der Waals surface area contributed by atoms with Crippen molar-refractivity contribution in [3.63, 3.8) is 0 Å². The van der Waals surface area contributed by atoms with Gasteiger partial charge in [0.1, 0.15) is 11.4 Å². The van der Waals surface area contributed by atoms with Gasteiger partial charge in [-0.2, -0.15) is 0 Å². The summed E-state index contributed by atoms with van der Waals surface area (Å²) in [6.07, 6.45) is 0.114. The Morgan fingerprint density at radius 2 is 1.89 bits per heavy atom. The van der Waals surface area contributed by atoms with Gasteiger partial charge < -0.3 is 14.9 Å². The number of carboxylic acid groups (broad SMARTS) is 1. The monoisotopic (exact) mass is 252 g/mol. The van der Waals surface area contributed by atoms with Crippen molar-refractivity contribution in [2.24, 2.45) is 5.92 Å². The quantitative estimate of drug-likeness (QED) is 0.816. The second-order valence-electron chi connectivity index (χ2n) is 4.93. The molecule has 0 aliphatic heterocycles. The summed E-state index contributed by atoms with van der Waals surface area (Å²) in [5.74, 6) is -0.119. The van der Waals surface area contributed by atoms with Gasteiger partial charge in [-0.1, -0.05) is 26.0 Å². The number of ether oxygens (including phenoxy) is 1. The Morgan fingerprint density at radius 3 is 2.28 bits per heavy atom. The fourth-order valence-corrected chi connectivity index (χ4v) is 2.12. The van der Waals surface area contributed by atoms with Crippen molar-refractivity contribution in [2.45, 2.75) is 32.3 Å². The van der Waals surface area contributed by atoms with E-state index in [-0.39, 0.29) is 12.3 Å². The van der Waals surface area contributed by atoms with Crippen molar-refractivity contribution in [3.8, 4) is 5.75 Å². The standard InChI is InChI=1S/C14H20O4/c1-10(2)8-14(17,9-13(15)16)11-4-6-12(18-3)7-5-11/h4-7,10,17H,8-9H2,1-3H3,(H,15,16). The van der Waals surface area contributed by atoms with E-state index in [2.05, 4.69) is 0 Å². The molecule has 1 unspecified atom stereocenters. The van der Waals surface area contributed by atoms with Gasteiger partial charge >= 0.3 is 5.97 Å². The maximum atomic E-state index is 10.9. The molecule has 2 N–H and O–H groups in total. The highest BCUT2D eigenvalue weighted by molar-refractivity contribution is 5.68. The summed E-state index contributed by atoms with van der Waals surface area (Å²) < 4.78 is 5.05. The zero-order valence-corrected chi connectivity index (χ0v) is 11.0. The molecule has 0 aliphatic carbocycles. The Labute approximate surface area is 107 Å². The lowest BCUT2D eigenvalue weighted by Gasteiger charge is -2.29. The van der Waals surface area contributed by atoms with Gasteiger partial charge in [0.2, 0.25) is 0 Å². The molecule has 0 amide bonds. The molecule has 0 fully saturated rings. The number of aliphatic hydroxyl groups is 1. The highest BCUT2D eigenvalue weighted by atomic mass is 16.5. The number of hydrogen-bond donors (Lipinski definition) is 2. The molecule has 0 aromatic heterocycles. The lowest BCUT2D eigenvalue weighted by Crippen LogP contribution is -2.30. The van der Waals surface area contributed by atoms with Crippen LogP contribution < -0.4 is 4.74 Å². The topological polar surface area (TPSA) is 66.8 Å². The van der Waals surface area contributed by atoms with E-state index in [1.807, 2.05) is 13.8 Å². The third kappa shape index (κ3) is 3.74. The summed E-state index contributed by atoms with van der Waals surface area (Å²) in [6.45, 7) is 3.91. The molecule has 0 heterocycles. The predicted molar refractivity (Wildman–Crippen MR) is 68.6 cm³/mol. The summed E-state index contributed by atoms with van der Waals surface area (Å²) in [6, 6.07) is 6.87. The summed E-state index contributed by atoms with van der Waals surface area (Å²) in [4.78, 5) is 10.9. The van der Waals surface area contributed by atoms with Crippen LogP contribution in [-0.2, 0) is 10.4 Å². The van der Waals surface area contributed by atoms with Crippen LogP contribution in [0.15, 0.2) is 24.3 Å². The lowest BCUT2D eigenvalue weighted by molar-refractivity contribution is -0.143. The third-order valence-electron chi connectivity index (χ3n) is 2.82. The van der Waals surface area contributed by atoms with Gasteiger partial charge in [-0.05, 0) is 30.0 Å². The summed E-state index contributed by atoms with van der Waals surface area (Å²) in [5.41, 5.74) is -0.717. The molecule has 4 nitrogen and oxygen atoms in total. The number of carbonyl (C=O) groups is 1. The van der Waals surface area contributed by atoms with Gasteiger partial charge in [0.15, 0.2) is 0 Å². The summed E-state index contributed by atoms with van der Waals surface area (Å²) in [5, 5.41) is 19.5. The average Bonchev–Trinajstić information content (AvgIpc) is 2.27. The molecule has 1 atom stereocenters. The first-order valence-corrected chi connectivity index (χ1v) is 5.96. The van der Waals surface area contributed by atoms with Crippen LogP contribution >= 0.6 is 0 Å². The van der Waals surface area contributed by atoms with Gasteiger partial charge in [-0.3, -0.25) is 4.79 Å². The number of benzene rings is 1. The molecular formula is C14H20O4. The van der Waals surface area contributed by atoms with Crippen LogP contribution in [0, 0.1) is 5.92 Å². The Balaban J connectivity index is 3.03. The minimum atomic E-state index is -1.33. The smallest absolute Gasteiger partial charge is 0.306 e. The first kappa shape index (κ1) is 14.5. The van der Waals surface area contributed by atoms with Crippen molar-refractivity contribution < 1.29 is 19.7 Å². The molecule has 0 saturated heterocycles. The molecule has 100 valence electrons. The van der Waals surface area contributed by atoms with Crippen LogP contribution in [0.1, 0.15) is 32.3 Å². The molecule has 1 aromatic rings. The minimum absolute atomic E-state index is 0.205. The Kier molecular flexibility index (Phi) is 4.73. The number of hydrogen-bond acceptors (Lipinski definition) is 3. The maximum Gasteiger partial charge on any atom is 0.306 e. The van der Waals surface area contributed by atoms with Crippen molar-refractivity contribution in [1.29, 1.82) is 0 Å². The van der Waals surface area contributed by atoms with Crippen LogP contribution in [0.25, 0.3) is 0 Å². The van der Waals surface area contributed by atoms with Crippen molar-refractivity contribution in [2.75, 3.05) is 7.11 Å². The zero-order chi connectivity index (χ0) is 13.8. The van der Waals surface area contributed by atoms with Crippen LogP contribution in [0.3, 0.4) is 0 Å². The molecule has 18 heavy (non-hydrogen) atoms. The van der Waals surface area contributed by atoms with E-state index in [1.54, 1.807) is 31.4 Å². The lowest BCUT2D eigenvalue weighted by atomic mass is 9.83. The normalized spacial score (nSPS) is 14.3. The van der Waals surface area contributed by atoms with Crippen LogP contribution in [0.4, 0.5) is 0 Å². The van der Waals surface area contributed by atoms with Crippen LogP contribution in [-0.4, -0.2) is 23.3 Å². The summed E-state index contributed by atoms with van der Waals surface area (Å²) >= 11 is 0. The molecule has 0 saturated carbocycles. The highest BCUT2D eigenvalue weighted by Crippen LogP contribution is 2.33. The van der Waals surface area contributed by atoms with E-state index in [0.717, 1.165) is 0 Å². The number of methoxy groups -OCH3 is 1. The SMILES string of the molecule is COc1ccc(C(O)(CC(=O)O)CC(C)C)cc1. The molecule has 4 heteroatoms. The Hall–Kier alpha value is -1.55. The van der Waals surface area contributed by atoms with Gasteiger partial charge in [-0.25, -0.2) is 0 Å². The van der Waals surface area contributed by atoms with E-state index in [1.165, 1.54) is 0 Å². The average molecular weight is 252 g/mol. The second-order valence-corrected chi connectivity index (χ2v) is 4.93. The number of aliphatic carboxylic acids is 1. The van der Waals surface area contributed by atoms with E-state index < -0.39 is 11.6 Å². The Bertz CT molecular complexity index is 397. The van der Waals surface area contributed by atoms with Crippen LogP contribution in [0.2, 0.25) is 0 Å². The third-order valence-corrected chi connectivity index (χ3v) is 2.82. The van der Waals surface area contributed by atoms with E-state index >= 15 is 0 Å². The first-order valence-electron chi connectivity index (χ1n) is 5.96. The van der Waals surface area contributed by atoms with Gasteiger partial charge in [0, 0.05) is 0 Å². The molecule has 0 bridgehead atoms. The largest absolute Gasteiger partial charge is 0.497 e. The molecule has 0 radical (unpaired) electrons. The summed E-state index contributed by atoms with van der Waals surface area (Å²) in [7, 11) is 1.56. The van der Waals surface area contributed by atoms with E-state index in [0.29, 0.717) is 17.7 Å². The van der Waals surface area contributed by atoms with Gasteiger partial charge in [0.25, 0.3) is 0 Å². The first-order chi connectivity index (χ1) is 8.37. The number of rotatable bonds is 6. The fraction of sp³-hybridized carbons (Fsp3) is 0.500. The van der Waals surface area contributed by atoms with Gasteiger partial charge in [-0.15, -0.1) is 0 Å². The minimum Gasteiger partial charge on any atom is -0.497 e. The zero-order valence-electron chi connectivity index (χ0n) is 11.0. The maximum absolute atomic E-state index is 10.9. The molecule has 1 rings (SSSR count). The fourth-order valence-electron chi connectivity index (χ4n) is 2.12.